The Hall–Kier alpha value is -1.39. The first-order chi connectivity index (χ1) is 9.30. The Morgan fingerprint density at radius 2 is 1.80 bits per heavy atom. The minimum Gasteiger partial charge on any atom is -0.481 e. The van der Waals surface area contributed by atoms with Gasteiger partial charge in [0.1, 0.15) is 0 Å². The van der Waals surface area contributed by atoms with Gasteiger partial charge in [-0.2, -0.15) is 0 Å². The van der Waals surface area contributed by atoms with Crippen molar-refractivity contribution in [1.29, 1.82) is 0 Å². The Kier molecular flexibility index (Phi) is 3.89. The number of carbonyl (C=O) groups excluding carboxylic acids is 2. The van der Waals surface area contributed by atoms with Crippen LogP contribution in [0.1, 0.15) is 46.5 Å². The maximum atomic E-state index is 12.2. The number of carbonyl (C=O) groups is 3. The van der Waals surface area contributed by atoms with Crippen LogP contribution in [0.15, 0.2) is 0 Å². The molecule has 2 amide bonds. The summed E-state index contributed by atoms with van der Waals surface area (Å²) in [7, 11) is 0. The molecule has 3 atom stereocenters. The summed E-state index contributed by atoms with van der Waals surface area (Å²) in [6, 6.07) is 0. The Labute approximate surface area is 119 Å². The van der Waals surface area contributed by atoms with E-state index < -0.39 is 5.97 Å². The molecule has 2 aliphatic rings. The smallest absolute Gasteiger partial charge is 0.303 e. The predicted molar refractivity (Wildman–Crippen MR) is 72.7 cm³/mol. The van der Waals surface area contributed by atoms with Gasteiger partial charge in [0.25, 0.3) is 0 Å². The third-order valence-corrected chi connectivity index (χ3v) is 5.00. The summed E-state index contributed by atoms with van der Waals surface area (Å²) < 4.78 is 0. The lowest BCUT2D eigenvalue weighted by Crippen LogP contribution is -2.37. The van der Waals surface area contributed by atoms with Gasteiger partial charge >= 0.3 is 5.97 Å². The van der Waals surface area contributed by atoms with Crippen LogP contribution in [0.3, 0.4) is 0 Å². The van der Waals surface area contributed by atoms with Crippen molar-refractivity contribution in [3.05, 3.63) is 0 Å². The van der Waals surface area contributed by atoms with Crippen LogP contribution in [0, 0.1) is 23.2 Å². The number of carboxylic acid groups (broad SMARTS) is 1. The molecule has 0 spiro atoms. The number of piperidine rings is 1. The quantitative estimate of drug-likeness (QED) is 0.723. The van der Waals surface area contributed by atoms with E-state index in [0.717, 1.165) is 6.42 Å². The first-order valence-electron chi connectivity index (χ1n) is 7.37. The molecule has 1 saturated carbocycles. The molecule has 1 aliphatic heterocycles. The molecule has 1 heterocycles. The van der Waals surface area contributed by atoms with Crippen molar-refractivity contribution in [2.24, 2.45) is 23.2 Å². The number of likely N-dealkylation sites (tertiary alicyclic amines) is 1. The number of imide groups is 1. The first kappa shape index (κ1) is 15.0. The Morgan fingerprint density at radius 3 is 2.25 bits per heavy atom. The van der Waals surface area contributed by atoms with E-state index in [2.05, 4.69) is 0 Å². The molecule has 2 rings (SSSR count). The lowest BCUT2D eigenvalue weighted by Gasteiger charge is -2.22. The molecule has 1 N–H and O–H groups in total. The van der Waals surface area contributed by atoms with Crippen LogP contribution in [0.5, 0.6) is 0 Å². The molecular weight excluding hydrogens is 258 g/mol. The molecule has 0 aromatic heterocycles. The van der Waals surface area contributed by atoms with Crippen molar-refractivity contribution in [1.82, 2.24) is 4.90 Å². The fraction of sp³-hybridized carbons (Fsp3) is 0.800. The van der Waals surface area contributed by atoms with Gasteiger partial charge in [0.15, 0.2) is 0 Å². The topological polar surface area (TPSA) is 74.7 Å². The molecule has 5 nitrogen and oxygen atoms in total. The summed E-state index contributed by atoms with van der Waals surface area (Å²) in [6.07, 6.45) is 2.35. The highest BCUT2D eigenvalue weighted by Gasteiger charge is 2.72. The number of hydrogen-bond donors (Lipinski definition) is 1. The molecule has 1 aliphatic carbocycles. The van der Waals surface area contributed by atoms with Gasteiger partial charge in [-0.1, -0.05) is 27.2 Å². The number of fused-ring (bicyclic) bond motifs is 1. The molecule has 112 valence electrons. The van der Waals surface area contributed by atoms with Crippen LogP contribution < -0.4 is 0 Å². The molecule has 3 unspecified atom stereocenters. The highest BCUT2D eigenvalue weighted by atomic mass is 16.4. The van der Waals surface area contributed by atoms with E-state index in [1.807, 2.05) is 20.8 Å². The van der Waals surface area contributed by atoms with E-state index in [0.29, 0.717) is 19.4 Å². The number of hydrogen-bond acceptors (Lipinski definition) is 3. The highest BCUT2D eigenvalue weighted by molar-refractivity contribution is 6.10. The van der Waals surface area contributed by atoms with Crippen LogP contribution in [-0.4, -0.2) is 34.3 Å². The average Bonchev–Trinajstić information content (AvgIpc) is 2.83. The minimum atomic E-state index is -0.792. The van der Waals surface area contributed by atoms with Gasteiger partial charge in [-0.15, -0.1) is 0 Å². The fourth-order valence-electron chi connectivity index (χ4n) is 3.42. The van der Waals surface area contributed by atoms with Crippen LogP contribution >= 0.6 is 0 Å². The molecule has 5 heteroatoms. The number of amides is 2. The van der Waals surface area contributed by atoms with Gasteiger partial charge < -0.3 is 5.11 Å². The third kappa shape index (κ3) is 2.45. The zero-order chi connectivity index (χ0) is 15.1. The van der Waals surface area contributed by atoms with E-state index in [1.165, 1.54) is 4.90 Å². The second-order valence-corrected chi connectivity index (χ2v) is 6.60. The molecule has 2 fully saturated rings. The zero-order valence-corrected chi connectivity index (χ0v) is 12.4. The van der Waals surface area contributed by atoms with E-state index in [4.69, 9.17) is 5.11 Å². The molecule has 0 radical (unpaired) electrons. The number of nitrogens with zero attached hydrogens (tertiary/aromatic N) is 1. The summed E-state index contributed by atoms with van der Waals surface area (Å²) in [4.78, 5) is 36.3. The van der Waals surface area contributed by atoms with Crippen molar-refractivity contribution in [2.45, 2.75) is 46.5 Å². The van der Waals surface area contributed by atoms with Gasteiger partial charge in [-0.25, -0.2) is 0 Å². The number of rotatable bonds is 7. The van der Waals surface area contributed by atoms with Crippen molar-refractivity contribution < 1.29 is 19.5 Å². The van der Waals surface area contributed by atoms with Crippen LogP contribution in [0.4, 0.5) is 0 Å². The highest BCUT2D eigenvalue weighted by Crippen LogP contribution is 2.63. The fourth-order valence-corrected chi connectivity index (χ4v) is 3.42. The van der Waals surface area contributed by atoms with E-state index in [1.54, 1.807) is 0 Å². The normalized spacial score (nSPS) is 28.4. The monoisotopic (exact) mass is 281 g/mol. The van der Waals surface area contributed by atoms with Crippen LogP contribution in [-0.2, 0) is 14.4 Å². The largest absolute Gasteiger partial charge is 0.481 e. The standard InChI is InChI=1S/C15H23NO4/c1-4-9(5-6-10(17)18)7-8-16-13(19)11-12(14(16)20)15(11,2)3/h9,11-12H,4-8H2,1-3H3,(H,17,18). The Morgan fingerprint density at radius 1 is 1.25 bits per heavy atom. The first-order valence-corrected chi connectivity index (χ1v) is 7.37. The zero-order valence-electron chi connectivity index (χ0n) is 12.4. The molecular formula is C15H23NO4. The SMILES string of the molecule is CCC(CCC(=O)O)CCN1C(=O)C2C(C1=O)C2(C)C. The van der Waals surface area contributed by atoms with E-state index >= 15 is 0 Å². The lowest BCUT2D eigenvalue weighted by atomic mass is 9.96. The molecule has 0 aromatic carbocycles. The second-order valence-electron chi connectivity index (χ2n) is 6.60. The molecule has 0 aromatic rings. The summed E-state index contributed by atoms with van der Waals surface area (Å²) in [5, 5.41) is 8.70. The van der Waals surface area contributed by atoms with Gasteiger partial charge in [0.2, 0.25) is 11.8 Å². The summed E-state index contributed by atoms with van der Waals surface area (Å²) >= 11 is 0. The van der Waals surface area contributed by atoms with Gasteiger partial charge in [-0.3, -0.25) is 19.3 Å². The molecule has 20 heavy (non-hydrogen) atoms. The van der Waals surface area contributed by atoms with Crippen molar-refractivity contribution in [2.75, 3.05) is 6.54 Å². The lowest BCUT2D eigenvalue weighted by molar-refractivity contribution is -0.143. The number of carboxylic acids is 1. The number of aliphatic carboxylic acids is 1. The van der Waals surface area contributed by atoms with Crippen molar-refractivity contribution in [3.63, 3.8) is 0 Å². The third-order valence-electron chi connectivity index (χ3n) is 5.00. The van der Waals surface area contributed by atoms with E-state index in [9.17, 15) is 14.4 Å². The second kappa shape index (κ2) is 5.19. The molecule has 1 saturated heterocycles. The van der Waals surface area contributed by atoms with E-state index in [-0.39, 0.29) is 41.4 Å². The molecule has 0 bridgehead atoms. The average molecular weight is 281 g/mol. The van der Waals surface area contributed by atoms with Gasteiger partial charge in [0.05, 0.1) is 11.8 Å². The Bertz CT molecular complexity index is 419. The van der Waals surface area contributed by atoms with Gasteiger partial charge in [0, 0.05) is 13.0 Å². The van der Waals surface area contributed by atoms with Crippen molar-refractivity contribution >= 4 is 17.8 Å². The minimum absolute atomic E-state index is 0.0295. The van der Waals surface area contributed by atoms with Crippen LogP contribution in [0.2, 0.25) is 0 Å². The maximum absolute atomic E-state index is 12.2. The van der Waals surface area contributed by atoms with Crippen molar-refractivity contribution in [3.8, 4) is 0 Å². The summed E-state index contributed by atoms with van der Waals surface area (Å²) in [6.45, 7) is 6.40. The van der Waals surface area contributed by atoms with Crippen LogP contribution in [0.25, 0.3) is 0 Å². The van der Waals surface area contributed by atoms with Gasteiger partial charge in [-0.05, 0) is 24.2 Å². The summed E-state index contributed by atoms with van der Waals surface area (Å²) in [5.74, 6) is -0.823. The summed E-state index contributed by atoms with van der Waals surface area (Å²) in [5.41, 5.74) is -0.155. The Balaban J connectivity index is 1.84. The maximum Gasteiger partial charge on any atom is 0.303 e. The predicted octanol–water partition coefficient (Wildman–Crippen LogP) is 1.91.